The zero-order valence-electron chi connectivity index (χ0n) is 10.6. The maximum atomic E-state index is 5.50. The molecular weight excluding hydrogens is 186 g/mol. The number of hydrogen-bond donors (Lipinski definition) is 0. The van der Waals surface area contributed by atoms with Crippen LogP contribution in [0, 0.1) is 20.8 Å². The van der Waals surface area contributed by atoms with Crippen molar-refractivity contribution in [3.05, 3.63) is 34.4 Å². The number of ether oxygens (including phenoxy) is 1. The molecule has 0 bridgehead atoms. The van der Waals surface area contributed by atoms with Crippen molar-refractivity contribution in [1.82, 2.24) is 4.90 Å². The third kappa shape index (κ3) is 2.58. The van der Waals surface area contributed by atoms with E-state index in [1.54, 1.807) is 7.11 Å². The van der Waals surface area contributed by atoms with Gasteiger partial charge in [-0.15, -0.1) is 0 Å². The van der Waals surface area contributed by atoms with E-state index in [0.29, 0.717) is 0 Å². The minimum atomic E-state index is 0.0456. The predicted octanol–water partition coefficient (Wildman–Crippen LogP) is 2.82. The lowest BCUT2D eigenvalue weighted by Gasteiger charge is -2.25. The molecule has 0 aliphatic heterocycles. The van der Waals surface area contributed by atoms with Crippen molar-refractivity contribution in [1.29, 1.82) is 0 Å². The molecule has 0 aromatic heterocycles. The Labute approximate surface area is 92.9 Å². The molecule has 0 heterocycles. The number of aryl methyl sites for hydroxylation is 3. The Bertz CT molecular complexity index is 345. The van der Waals surface area contributed by atoms with Crippen molar-refractivity contribution < 1.29 is 4.74 Å². The van der Waals surface area contributed by atoms with E-state index in [2.05, 4.69) is 37.8 Å². The fraction of sp³-hybridized carbons (Fsp3) is 0.538. The average Bonchev–Trinajstić information content (AvgIpc) is 2.14. The Kier molecular flexibility index (Phi) is 3.89. The largest absolute Gasteiger partial charge is 0.362 e. The van der Waals surface area contributed by atoms with E-state index >= 15 is 0 Å². The summed E-state index contributed by atoms with van der Waals surface area (Å²) in [5.41, 5.74) is 5.20. The monoisotopic (exact) mass is 207 g/mol. The van der Waals surface area contributed by atoms with E-state index in [9.17, 15) is 0 Å². The lowest BCUT2D eigenvalue weighted by molar-refractivity contribution is -0.00588. The van der Waals surface area contributed by atoms with Gasteiger partial charge in [0, 0.05) is 7.11 Å². The van der Waals surface area contributed by atoms with Gasteiger partial charge in [0.1, 0.15) is 6.23 Å². The molecule has 0 radical (unpaired) electrons. The summed E-state index contributed by atoms with van der Waals surface area (Å²) >= 11 is 0. The highest BCUT2D eigenvalue weighted by Gasteiger charge is 2.15. The van der Waals surface area contributed by atoms with Crippen LogP contribution in [0.5, 0.6) is 0 Å². The number of rotatable bonds is 3. The molecule has 2 heteroatoms. The maximum Gasteiger partial charge on any atom is 0.136 e. The third-order valence-corrected chi connectivity index (χ3v) is 2.84. The number of benzene rings is 1. The van der Waals surface area contributed by atoms with Crippen LogP contribution in [0.15, 0.2) is 12.1 Å². The zero-order valence-corrected chi connectivity index (χ0v) is 10.6. The summed E-state index contributed by atoms with van der Waals surface area (Å²) in [6, 6.07) is 4.44. The Hall–Kier alpha value is -0.860. The Morgan fingerprint density at radius 1 is 1.00 bits per heavy atom. The van der Waals surface area contributed by atoms with Crippen molar-refractivity contribution in [2.24, 2.45) is 0 Å². The summed E-state index contributed by atoms with van der Waals surface area (Å²) in [5, 5.41) is 0. The topological polar surface area (TPSA) is 12.5 Å². The van der Waals surface area contributed by atoms with Crippen LogP contribution in [-0.4, -0.2) is 26.1 Å². The molecule has 1 unspecified atom stereocenters. The Morgan fingerprint density at radius 2 is 1.53 bits per heavy atom. The van der Waals surface area contributed by atoms with Gasteiger partial charge in [-0.1, -0.05) is 12.1 Å². The van der Waals surface area contributed by atoms with Gasteiger partial charge < -0.3 is 4.74 Å². The van der Waals surface area contributed by atoms with Gasteiger partial charge >= 0.3 is 0 Å². The van der Waals surface area contributed by atoms with Crippen LogP contribution in [0.3, 0.4) is 0 Å². The van der Waals surface area contributed by atoms with E-state index in [1.807, 2.05) is 14.1 Å². The standard InChI is InChI=1S/C13H21NO/c1-9-7-11(3)12(8-10(9)2)13(15-6)14(4)5/h7-8,13H,1-6H3. The minimum absolute atomic E-state index is 0.0456. The first-order valence-electron chi connectivity index (χ1n) is 5.24. The van der Waals surface area contributed by atoms with Crippen LogP contribution in [-0.2, 0) is 4.74 Å². The summed E-state index contributed by atoms with van der Waals surface area (Å²) in [7, 11) is 5.81. The molecule has 0 aliphatic rings. The number of hydrogen-bond acceptors (Lipinski definition) is 2. The first-order valence-corrected chi connectivity index (χ1v) is 5.24. The van der Waals surface area contributed by atoms with Crippen molar-refractivity contribution in [2.75, 3.05) is 21.2 Å². The van der Waals surface area contributed by atoms with Gasteiger partial charge in [0.2, 0.25) is 0 Å². The van der Waals surface area contributed by atoms with E-state index < -0.39 is 0 Å². The van der Waals surface area contributed by atoms with Crippen LogP contribution in [0.1, 0.15) is 28.5 Å². The van der Waals surface area contributed by atoms with Crippen molar-refractivity contribution in [3.8, 4) is 0 Å². The van der Waals surface area contributed by atoms with Crippen molar-refractivity contribution in [2.45, 2.75) is 27.0 Å². The van der Waals surface area contributed by atoms with Crippen LogP contribution >= 0.6 is 0 Å². The molecule has 84 valence electrons. The molecule has 1 aromatic carbocycles. The summed E-state index contributed by atoms with van der Waals surface area (Å²) in [6.45, 7) is 6.42. The average molecular weight is 207 g/mol. The summed E-state index contributed by atoms with van der Waals surface area (Å²) in [6.07, 6.45) is 0.0456. The third-order valence-electron chi connectivity index (χ3n) is 2.84. The van der Waals surface area contributed by atoms with Crippen LogP contribution in [0.4, 0.5) is 0 Å². The molecular formula is C13H21NO. The SMILES string of the molecule is COC(c1cc(C)c(C)cc1C)N(C)C. The van der Waals surface area contributed by atoms with E-state index in [1.165, 1.54) is 22.3 Å². The van der Waals surface area contributed by atoms with Crippen molar-refractivity contribution in [3.63, 3.8) is 0 Å². The van der Waals surface area contributed by atoms with Crippen LogP contribution in [0.2, 0.25) is 0 Å². The predicted molar refractivity (Wildman–Crippen MR) is 64.1 cm³/mol. The van der Waals surface area contributed by atoms with E-state index in [-0.39, 0.29) is 6.23 Å². The molecule has 0 fully saturated rings. The van der Waals surface area contributed by atoms with Crippen LogP contribution in [0.25, 0.3) is 0 Å². The normalized spacial score (nSPS) is 13.3. The first-order chi connectivity index (χ1) is 6.97. The van der Waals surface area contributed by atoms with Gasteiger partial charge in [-0.2, -0.15) is 0 Å². The van der Waals surface area contributed by atoms with Gasteiger partial charge in [-0.25, -0.2) is 0 Å². The van der Waals surface area contributed by atoms with Crippen LogP contribution < -0.4 is 0 Å². The zero-order chi connectivity index (χ0) is 11.6. The molecule has 15 heavy (non-hydrogen) atoms. The summed E-state index contributed by atoms with van der Waals surface area (Å²) in [4.78, 5) is 2.08. The molecule has 2 nitrogen and oxygen atoms in total. The number of methoxy groups -OCH3 is 1. The molecule has 1 aromatic rings. The highest BCUT2D eigenvalue weighted by atomic mass is 16.5. The lowest BCUT2D eigenvalue weighted by atomic mass is 9.99. The molecule has 0 aliphatic carbocycles. The lowest BCUT2D eigenvalue weighted by Crippen LogP contribution is -2.22. The second kappa shape index (κ2) is 4.77. The first kappa shape index (κ1) is 12.2. The second-order valence-corrected chi connectivity index (χ2v) is 4.34. The molecule has 0 amide bonds. The molecule has 1 rings (SSSR count). The fourth-order valence-electron chi connectivity index (χ4n) is 1.86. The number of nitrogens with zero attached hydrogens (tertiary/aromatic N) is 1. The van der Waals surface area contributed by atoms with Gasteiger partial charge in [-0.05, 0) is 57.1 Å². The van der Waals surface area contributed by atoms with E-state index in [4.69, 9.17) is 4.74 Å². The van der Waals surface area contributed by atoms with E-state index in [0.717, 1.165) is 0 Å². The quantitative estimate of drug-likeness (QED) is 0.707. The Morgan fingerprint density at radius 3 is 2.00 bits per heavy atom. The highest BCUT2D eigenvalue weighted by Crippen LogP contribution is 2.25. The molecule has 0 saturated carbocycles. The molecule has 0 spiro atoms. The minimum Gasteiger partial charge on any atom is -0.362 e. The molecule has 1 atom stereocenters. The maximum absolute atomic E-state index is 5.50. The van der Waals surface area contributed by atoms with Gasteiger partial charge in [-0.3, -0.25) is 4.90 Å². The summed E-state index contributed by atoms with van der Waals surface area (Å²) < 4.78 is 5.50. The Balaban J connectivity index is 3.18. The van der Waals surface area contributed by atoms with Gasteiger partial charge in [0.25, 0.3) is 0 Å². The smallest absolute Gasteiger partial charge is 0.136 e. The summed E-state index contributed by atoms with van der Waals surface area (Å²) in [5.74, 6) is 0. The highest BCUT2D eigenvalue weighted by molar-refractivity contribution is 5.37. The van der Waals surface area contributed by atoms with Gasteiger partial charge in [0.15, 0.2) is 0 Å². The second-order valence-electron chi connectivity index (χ2n) is 4.34. The van der Waals surface area contributed by atoms with Gasteiger partial charge in [0.05, 0.1) is 0 Å². The van der Waals surface area contributed by atoms with Crippen molar-refractivity contribution >= 4 is 0 Å². The fourth-order valence-corrected chi connectivity index (χ4v) is 1.86. The molecule has 0 N–H and O–H groups in total. The molecule has 0 saturated heterocycles.